The van der Waals surface area contributed by atoms with Crippen LogP contribution in [0.15, 0.2) is 24.4 Å². The van der Waals surface area contributed by atoms with Gasteiger partial charge < -0.3 is 5.32 Å². The van der Waals surface area contributed by atoms with Gasteiger partial charge in [-0.05, 0) is 43.7 Å². The van der Waals surface area contributed by atoms with E-state index in [4.69, 9.17) is 0 Å². The second kappa shape index (κ2) is 5.10. The largest absolute Gasteiger partial charge is 0.314 e. The average Bonchev–Trinajstić information content (AvgIpc) is 2.78. The first-order chi connectivity index (χ1) is 8.26. The summed E-state index contributed by atoms with van der Waals surface area (Å²) in [4.78, 5) is 0. The Kier molecular flexibility index (Phi) is 3.54. The smallest absolute Gasteiger partial charge is 0.0783 e. The van der Waals surface area contributed by atoms with Crippen LogP contribution in [0.5, 0.6) is 0 Å². The van der Waals surface area contributed by atoms with Crippen LogP contribution in [0.1, 0.15) is 23.7 Å². The summed E-state index contributed by atoms with van der Waals surface area (Å²) >= 11 is 0. The molecule has 0 bridgehead atoms. The Labute approximate surface area is 102 Å². The Bertz CT molecular complexity index is 502. The predicted molar refractivity (Wildman–Crippen MR) is 68.2 cm³/mol. The number of benzene rings is 1. The maximum absolute atomic E-state index is 4.13. The van der Waals surface area contributed by atoms with Crippen molar-refractivity contribution in [2.45, 2.75) is 26.8 Å². The molecule has 0 aliphatic heterocycles. The highest BCUT2D eigenvalue weighted by molar-refractivity contribution is 5.40. The third kappa shape index (κ3) is 2.36. The molecule has 1 N–H and O–H groups in total. The number of nitrogens with one attached hydrogen (secondary N) is 1. The molecule has 0 fully saturated rings. The fraction of sp³-hybridized carbons (Fsp3) is 0.385. The molecule has 1 aromatic heterocycles. The Hall–Kier alpha value is -1.68. The zero-order valence-corrected chi connectivity index (χ0v) is 10.6. The van der Waals surface area contributed by atoms with Crippen molar-refractivity contribution in [3.8, 4) is 5.69 Å². The lowest BCUT2D eigenvalue weighted by Crippen LogP contribution is -2.11. The number of aromatic nitrogens is 3. The first kappa shape index (κ1) is 11.8. The molecule has 2 aromatic rings. The normalized spacial score (nSPS) is 10.8. The molecule has 90 valence electrons. The second-order valence-electron chi connectivity index (χ2n) is 4.13. The minimum atomic E-state index is 0.765. The highest BCUT2D eigenvalue weighted by atomic mass is 15.4. The highest BCUT2D eigenvalue weighted by Gasteiger charge is 2.06. The van der Waals surface area contributed by atoms with Crippen molar-refractivity contribution >= 4 is 0 Å². The molecule has 2 rings (SSSR count). The van der Waals surface area contributed by atoms with E-state index in [1.54, 1.807) is 6.20 Å². The number of rotatable bonds is 4. The van der Waals surface area contributed by atoms with E-state index in [9.17, 15) is 0 Å². The minimum absolute atomic E-state index is 0.765. The topological polar surface area (TPSA) is 42.7 Å². The third-order valence-electron chi connectivity index (χ3n) is 2.93. The maximum Gasteiger partial charge on any atom is 0.0783 e. The van der Waals surface area contributed by atoms with Crippen LogP contribution in [0.3, 0.4) is 0 Å². The van der Waals surface area contributed by atoms with Crippen LogP contribution in [0.25, 0.3) is 5.69 Å². The summed E-state index contributed by atoms with van der Waals surface area (Å²) in [5.41, 5.74) is 4.82. The molecule has 0 atom stereocenters. The summed E-state index contributed by atoms with van der Waals surface area (Å²) in [7, 11) is 1.92. The van der Waals surface area contributed by atoms with Gasteiger partial charge in [-0.3, -0.25) is 0 Å². The van der Waals surface area contributed by atoms with Gasteiger partial charge in [0.2, 0.25) is 0 Å². The van der Waals surface area contributed by atoms with Crippen molar-refractivity contribution in [1.82, 2.24) is 20.3 Å². The fourth-order valence-electron chi connectivity index (χ4n) is 1.98. The second-order valence-corrected chi connectivity index (χ2v) is 4.13. The van der Waals surface area contributed by atoms with E-state index in [0.717, 1.165) is 24.3 Å². The molecule has 0 saturated heterocycles. The van der Waals surface area contributed by atoms with Crippen LogP contribution in [-0.2, 0) is 13.0 Å². The van der Waals surface area contributed by atoms with Gasteiger partial charge in [0.05, 0.1) is 17.6 Å². The van der Waals surface area contributed by atoms with Gasteiger partial charge in [-0.1, -0.05) is 18.2 Å². The number of hydrogen-bond donors (Lipinski definition) is 1. The van der Waals surface area contributed by atoms with Crippen LogP contribution >= 0.6 is 0 Å². The van der Waals surface area contributed by atoms with E-state index in [2.05, 4.69) is 47.7 Å². The molecule has 0 spiro atoms. The summed E-state index contributed by atoms with van der Waals surface area (Å²) in [6, 6.07) is 6.42. The summed E-state index contributed by atoms with van der Waals surface area (Å²) in [6.07, 6.45) is 2.85. The zero-order valence-electron chi connectivity index (χ0n) is 10.6. The quantitative estimate of drug-likeness (QED) is 0.871. The van der Waals surface area contributed by atoms with Crippen LogP contribution in [-0.4, -0.2) is 22.0 Å². The average molecular weight is 230 g/mol. The van der Waals surface area contributed by atoms with Gasteiger partial charge >= 0.3 is 0 Å². The molecule has 1 aromatic carbocycles. The Balaban J connectivity index is 2.39. The third-order valence-corrected chi connectivity index (χ3v) is 2.93. The molecule has 0 aliphatic carbocycles. The number of aryl methyl sites for hydroxylation is 2. The van der Waals surface area contributed by atoms with E-state index in [1.807, 2.05) is 11.7 Å². The van der Waals surface area contributed by atoms with Crippen LogP contribution in [0.4, 0.5) is 0 Å². The van der Waals surface area contributed by atoms with E-state index >= 15 is 0 Å². The Morgan fingerprint density at radius 1 is 1.35 bits per heavy atom. The lowest BCUT2D eigenvalue weighted by atomic mass is 10.1. The van der Waals surface area contributed by atoms with Crippen molar-refractivity contribution in [2.75, 3.05) is 7.05 Å². The highest BCUT2D eigenvalue weighted by Crippen LogP contribution is 2.15. The summed E-state index contributed by atoms with van der Waals surface area (Å²) < 4.78 is 1.88. The molecule has 0 unspecified atom stereocenters. The van der Waals surface area contributed by atoms with Crippen molar-refractivity contribution in [1.29, 1.82) is 0 Å². The Morgan fingerprint density at radius 3 is 2.82 bits per heavy atom. The molecule has 0 radical (unpaired) electrons. The van der Waals surface area contributed by atoms with Gasteiger partial charge in [0, 0.05) is 6.54 Å². The zero-order chi connectivity index (χ0) is 12.3. The van der Waals surface area contributed by atoms with Gasteiger partial charge in [-0.15, -0.1) is 5.10 Å². The molecule has 1 heterocycles. The molecule has 0 amide bonds. The SMILES string of the molecule is CCc1ccc(-n2nncc2CNC)cc1C. The van der Waals surface area contributed by atoms with Gasteiger partial charge in [0.25, 0.3) is 0 Å². The van der Waals surface area contributed by atoms with Crippen molar-refractivity contribution in [3.63, 3.8) is 0 Å². The van der Waals surface area contributed by atoms with Gasteiger partial charge in [0.1, 0.15) is 0 Å². The van der Waals surface area contributed by atoms with Crippen LogP contribution in [0, 0.1) is 6.92 Å². The number of nitrogens with zero attached hydrogens (tertiary/aromatic N) is 3. The molecule has 4 heteroatoms. The monoisotopic (exact) mass is 230 g/mol. The summed E-state index contributed by atoms with van der Waals surface area (Å²) in [5.74, 6) is 0. The molecule has 0 aliphatic rings. The molecular formula is C13H18N4. The molecule has 0 saturated carbocycles. The number of hydrogen-bond acceptors (Lipinski definition) is 3. The van der Waals surface area contributed by atoms with Gasteiger partial charge in [0.15, 0.2) is 0 Å². The maximum atomic E-state index is 4.13. The molecule has 17 heavy (non-hydrogen) atoms. The van der Waals surface area contributed by atoms with Crippen LogP contribution < -0.4 is 5.32 Å². The van der Waals surface area contributed by atoms with E-state index in [-0.39, 0.29) is 0 Å². The van der Waals surface area contributed by atoms with Crippen molar-refractivity contribution in [3.05, 3.63) is 41.2 Å². The first-order valence-corrected chi connectivity index (χ1v) is 5.90. The lowest BCUT2D eigenvalue weighted by molar-refractivity contribution is 0.713. The van der Waals surface area contributed by atoms with E-state index < -0.39 is 0 Å². The van der Waals surface area contributed by atoms with Crippen LogP contribution in [0.2, 0.25) is 0 Å². The van der Waals surface area contributed by atoms with E-state index in [0.29, 0.717) is 0 Å². The van der Waals surface area contributed by atoms with E-state index in [1.165, 1.54) is 11.1 Å². The summed E-state index contributed by atoms with van der Waals surface area (Å²) in [5, 5.41) is 11.2. The Morgan fingerprint density at radius 2 is 2.18 bits per heavy atom. The lowest BCUT2D eigenvalue weighted by Gasteiger charge is -2.09. The molecular weight excluding hydrogens is 212 g/mol. The van der Waals surface area contributed by atoms with Gasteiger partial charge in [-0.2, -0.15) is 0 Å². The molecule has 4 nitrogen and oxygen atoms in total. The van der Waals surface area contributed by atoms with Gasteiger partial charge in [-0.25, -0.2) is 4.68 Å². The standard InChI is InChI=1S/C13H18N4/c1-4-11-5-6-12(7-10(11)2)17-13(8-14-3)9-15-16-17/h5-7,9,14H,4,8H2,1-3H3. The minimum Gasteiger partial charge on any atom is -0.314 e. The first-order valence-electron chi connectivity index (χ1n) is 5.90. The summed E-state index contributed by atoms with van der Waals surface area (Å²) in [6.45, 7) is 5.07. The predicted octanol–water partition coefficient (Wildman–Crippen LogP) is 1.86. The van der Waals surface area contributed by atoms with Crippen molar-refractivity contribution < 1.29 is 0 Å². The fourth-order valence-corrected chi connectivity index (χ4v) is 1.98. The van der Waals surface area contributed by atoms with Crippen molar-refractivity contribution in [2.24, 2.45) is 0 Å².